The lowest BCUT2D eigenvalue weighted by molar-refractivity contribution is -0.158. The lowest BCUT2D eigenvalue weighted by Gasteiger charge is -2.49. The van der Waals surface area contributed by atoms with E-state index in [-0.39, 0.29) is 6.04 Å². The molecule has 0 atom stereocenters. The molecule has 2 rings (SSSR count). The van der Waals surface area contributed by atoms with Crippen molar-refractivity contribution in [1.29, 1.82) is 0 Å². The predicted molar refractivity (Wildman–Crippen MR) is 87.1 cm³/mol. The van der Waals surface area contributed by atoms with Gasteiger partial charge < -0.3 is 20.9 Å². The van der Waals surface area contributed by atoms with Crippen molar-refractivity contribution in [2.24, 2.45) is 11.1 Å². The molecule has 1 amide bonds. The number of carbonyl (C=O) groups is 2. The largest absolute Gasteiger partial charge is 0.481 e. The van der Waals surface area contributed by atoms with Gasteiger partial charge in [0.15, 0.2) is 0 Å². The summed E-state index contributed by atoms with van der Waals surface area (Å²) in [5.74, 6) is -0.817. The van der Waals surface area contributed by atoms with Gasteiger partial charge >= 0.3 is 12.1 Å². The molecule has 0 aromatic rings. The molecule has 0 bridgehead atoms. The molecule has 0 unspecified atom stereocenters. The molecule has 0 aromatic carbocycles. The van der Waals surface area contributed by atoms with Gasteiger partial charge in [-0.3, -0.25) is 4.79 Å². The molecule has 2 aliphatic carbocycles. The molecule has 0 saturated heterocycles. The molecular weight excluding hydrogens is 296 g/mol. The smallest absolute Gasteiger partial charge is 0.408 e. The van der Waals surface area contributed by atoms with Crippen molar-refractivity contribution in [2.75, 3.05) is 0 Å². The number of amides is 1. The van der Waals surface area contributed by atoms with Gasteiger partial charge in [0.05, 0.1) is 11.0 Å². The summed E-state index contributed by atoms with van der Waals surface area (Å²) in [4.78, 5) is 24.5. The number of hydrogen-bond donors (Lipinski definition) is 3. The first-order chi connectivity index (χ1) is 10.6. The molecular formula is C17H30N2O4. The maximum Gasteiger partial charge on any atom is 0.408 e. The second-order valence-corrected chi connectivity index (χ2v) is 8.14. The van der Waals surface area contributed by atoms with Crippen molar-refractivity contribution in [3.05, 3.63) is 0 Å². The summed E-state index contributed by atoms with van der Waals surface area (Å²) in [6, 6.07) is 0.0578. The number of ether oxygens (including phenoxy) is 1. The quantitative estimate of drug-likeness (QED) is 0.740. The molecule has 23 heavy (non-hydrogen) atoms. The van der Waals surface area contributed by atoms with Crippen molar-refractivity contribution in [1.82, 2.24) is 5.32 Å². The minimum atomic E-state index is -0.934. The van der Waals surface area contributed by atoms with Crippen molar-refractivity contribution < 1.29 is 19.4 Å². The van der Waals surface area contributed by atoms with Gasteiger partial charge in [0, 0.05) is 6.04 Å². The minimum Gasteiger partial charge on any atom is -0.481 e. The normalized spacial score (nSPS) is 30.7. The Bertz CT molecular complexity index is 456. The van der Waals surface area contributed by atoms with Gasteiger partial charge in [0.25, 0.3) is 0 Å². The van der Waals surface area contributed by atoms with E-state index in [1.165, 1.54) is 0 Å². The second kappa shape index (κ2) is 6.30. The summed E-state index contributed by atoms with van der Waals surface area (Å²) in [7, 11) is 0. The lowest BCUT2D eigenvalue weighted by Crippen LogP contribution is -2.63. The monoisotopic (exact) mass is 326 g/mol. The third kappa shape index (κ3) is 3.62. The van der Waals surface area contributed by atoms with Crippen LogP contribution in [0.15, 0.2) is 0 Å². The highest BCUT2D eigenvalue weighted by atomic mass is 16.6. The van der Waals surface area contributed by atoms with Crippen LogP contribution < -0.4 is 11.1 Å². The van der Waals surface area contributed by atoms with E-state index in [9.17, 15) is 14.7 Å². The fourth-order valence-corrected chi connectivity index (χ4v) is 4.23. The molecule has 6 heteroatoms. The number of aliphatic carboxylic acids is 1. The zero-order valence-corrected chi connectivity index (χ0v) is 14.5. The van der Waals surface area contributed by atoms with E-state index in [0.29, 0.717) is 38.5 Å². The molecule has 0 aromatic heterocycles. The average molecular weight is 326 g/mol. The Morgan fingerprint density at radius 1 is 1.13 bits per heavy atom. The lowest BCUT2D eigenvalue weighted by atomic mass is 9.60. The average Bonchev–Trinajstić information content (AvgIpc) is 2.86. The first-order valence-electron chi connectivity index (χ1n) is 8.60. The third-order valence-electron chi connectivity index (χ3n) is 5.41. The summed E-state index contributed by atoms with van der Waals surface area (Å²) < 4.78 is 5.39. The van der Waals surface area contributed by atoms with Crippen LogP contribution in [-0.2, 0) is 9.53 Å². The summed E-state index contributed by atoms with van der Waals surface area (Å²) in [5, 5.41) is 13.0. The summed E-state index contributed by atoms with van der Waals surface area (Å²) in [6.07, 6.45) is 5.11. The summed E-state index contributed by atoms with van der Waals surface area (Å²) in [5.41, 5.74) is 3.72. The number of rotatable bonds is 3. The number of carbonyl (C=O) groups excluding carboxylic acids is 1. The van der Waals surface area contributed by atoms with Gasteiger partial charge in [-0.15, -0.1) is 0 Å². The standard InChI is InChI=1S/C17H30N2O4/c1-15(2,3)23-14(22)19-17(8-4-5-9-17)16(13(20)21)10-6-12(18)7-11-16/h12H,4-11,18H2,1-3H3,(H,19,22)(H,20,21). The van der Waals surface area contributed by atoms with Gasteiger partial charge in [0.2, 0.25) is 0 Å². The van der Waals surface area contributed by atoms with Gasteiger partial charge in [-0.05, 0) is 59.3 Å². The van der Waals surface area contributed by atoms with Gasteiger partial charge in [-0.25, -0.2) is 4.79 Å². The van der Waals surface area contributed by atoms with Crippen molar-refractivity contribution in [2.45, 2.75) is 89.3 Å². The number of carboxylic acids is 1. The van der Waals surface area contributed by atoms with Crippen LogP contribution in [0.4, 0.5) is 4.79 Å². The highest BCUT2D eigenvalue weighted by Gasteiger charge is 2.59. The topological polar surface area (TPSA) is 102 Å². The minimum absolute atomic E-state index is 0.0578. The van der Waals surface area contributed by atoms with E-state index in [0.717, 1.165) is 12.8 Å². The second-order valence-electron chi connectivity index (χ2n) is 8.14. The number of hydrogen-bond acceptors (Lipinski definition) is 4. The van der Waals surface area contributed by atoms with Crippen LogP contribution in [0.3, 0.4) is 0 Å². The molecule has 0 heterocycles. The SMILES string of the molecule is CC(C)(C)OC(=O)NC1(C2(C(=O)O)CCC(N)CC2)CCCC1. The Morgan fingerprint density at radius 3 is 2.09 bits per heavy atom. The Labute approximate surface area is 138 Å². The zero-order valence-electron chi connectivity index (χ0n) is 14.5. The highest BCUT2D eigenvalue weighted by molar-refractivity contribution is 5.79. The number of alkyl carbamates (subject to hydrolysis) is 1. The number of nitrogens with one attached hydrogen (secondary N) is 1. The van der Waals surface area contributed by atoms with Crippen molar-refractivity contribution >= 4 is 12.1 Å². The van der Waals surface area contributed by atoms with Crippen LogP contribution in [0.1, 0.15) is 72.1 Å². The van der Waals surface area contributed by atoms with Crippen LogP contribution in [0, 0.1) is 5.41 Å². The predicted octanol–water partition coefficient (Wildman–Crippen LogP) is 2.80. The first kappa shape index (κ1) is 18.0. The molecule has 0 spiro atoms. The highest BCUT2D eigenvalue weighted by Crippen LogP contribution is 2.52. The fraction of sp³-hybridized carbons (Fsp3) is 0.882. The Hall–Kier alpha value is -1.30. The number of nitrogens with two attached hydrogens (primary N) is 1. The number of carboxylic acid groups (broad SMARTS) is 1. The van der Waals surface area contributed by atoms with Crippen LogP contribution in [0.2, 0.25) is 0 Å². The third-order valence-corrected chi connectivity index (χ3v) is 5.41. The van der Waals surface area contributed by atoms with Gasteiger partial charge in [-0.2, -0.15) is 0 Å². The van der Waals surface area contributed by atoms with Crippen LogP contribution in [-0.4, -0.2) is 34.4 Å². The van der Waals surface area contributed by atoms with E-state index in [1.807, 2.05) is 0 Å². The van der Waals surface area contributed by atoms with Crippen LogP contribution in [0.25, 0.3) is 0 Å². The Kier molecular flexibility index (Phi) is 4.95. The zero-order chi connectivity index (χ0) is 17.3. The summed E-state index contributed by atoms with van der Waals surface area (Å²) >= 11 is 0. The molecule has 4 N–H and O–H groups in total. The molecule has 2 aliphatic rings. The van der Waals surface area contributed by atoms with E-state index in [2.05, 4.69) is 5.32 Å². The Morgan fingerprint density at radius 2 is 1.65 bits per heavy atom. The maximum absolute atomic E-state index is 12.3. The molecule has 2 fully saturated rings. The summed E-state index contributed by atoms with van der Waals surface area (Å²) in [6.45, 7) is 5.42. The molecule has 0 aliphatic heterocycles. The van der Waals surface area contributed by atoms with Crippen molar-refractivity contribution in [3.63, 3.8) is 0 Å². The van der Waals surface area contributed by atoms with E-state index in [4.69, 9.17) is 10.5 Å². The molecule has 132 valence electrons. The van der Waals surface area contributed by atoms with E-state index >= 15 is 0 Å². The van der Waals surface area contributed by atoms with Gasteiger partial charge in [0.1, 0.15) is 5.60 Å². The van der Waals surface area contributed by atoms with Crippen LogP contribution >= 0.6 is 0 Å². The van der Waals surface area contributed by atoms with Gasteiger partial charge in [-0.1, -0.05) is 12.8 Å². The van der Waals surface area contributed by atoms with Crippen molar-refractivity contribution in [3.8, 4) is 0 Å². The Balaban J connectivity index is 2.27. The first-order valence-corrected chi connectivity index (χ1v) is 8.60. The maximum atomic E-state index is 12.3. The van der Waals surface area contributed by atoms with Crippen LogP contribution in [0.5, 0.6) is 0 Å². The van der Waals surface area contributed by atoms with E-state index in [1.54, 1.807) is 20.8 Å². The molecule has 2 saturated carbocycles. The molecule has 0 radical (unpaired) electrons. The fourth-order valence-electron chi connectivity index (χ4n) is 4.23. The van der Waals surface area contributed by atoms with E-state index < -0.39 is 28.6 Å². The molecule has 6 nitrogen and oxygen atoms in total.